The van der Waals surface area contributed by atoms with E-state index >= 15 is 0 Å². The van der Waals surface area contributed by atoms with Gasteiger partial charge in [0.2, 0.25) is 0 Å². The SMILES string of the molecule is COc1ccc(C23CCCCC2c2c(cc(OC)c(O)c2C)O3)cc1. The number of rotatable bonds is 3. The standard InChI is InChI=1S/C21H24O4/c1-13-19-16-6-4-5-11-21(16,14-7-9-15(23-2)10-8-14)25-17(19)12-18(24-3)20(13)22/h7-10,12,16,22H,4-6,11H2,1-3H3. The smallest absolute Gasteiger partial charge is 0.164 e. The fourth-order valence-corrected chi connectivity index (χ4v) is 4.55. The van der Waals surface area contributed by atoms with Crippen molar-refractivity contribution in [3.63, 3.8) is 0 Å². The minimum absolute atomic E-state index is 0.223. The molecule has 2 atom stereocenters. The van der Waals surface area contributed by atoms with Crippen molar-refractivity contribution in [2.45, 2.75) is 44.1 Å². The Kier molecular flexibility index (Phi) is 3.78. The van der Waals surface area contributed by atoms with E-state index in [0.29, 0.717) is 5.75 Å². The predicted octanol–water partition coefficient (Wildman–Crippen LogP) is 4.66. The maximum Gasteiger partial charge on any atom is 0.164 e. The Labute approximate surface area is 148 Å². The van der Waals surface area contributed by atoms with E-state index in [1.807, 2.05) is 25.1 Å². The summed E-state index contributed by atoms with van der Waals surface area (Å²) >= 11 is 0. The van der Waals surface area contributed by atoms with Gasteiger partial charge in [-0.1, -0.05) is 18.6 Å². The normalized spacial score (nSPS) is 24.2. The van der Waals surface area contributed by atoms with Crippen LogP contribution in [0.1, 0.15) is 48.3 Å². The van der Waals surface area contributed by atoms with Gasteiger partial charge >= 0.3 is 0 Å². The molecule has 1 aliphatic carbocycles. The van der Waals surface area contributed by atoms with Gasteiger partial charge in [-0.3, -0.25) is 0 Å². The first-order valence-corrected chi connectivity index (χ1v) is 8.84. The highest BCUT2D eigenvalue weighted by molar-refractivity contribution is 5.61. The molecular formula is C21H24O4. The van der Waals surface area contributed by atoms with Crippen molar-refractivity contribution < 1.29 is 19.3 Å². The Balaban J connectivity index is 1.86. The van der Waals surface area contributed by atoms with Gasteiger partial charge in [-0.25, -0.2) is 0 Å². The molecule has 2 unspecified atom stereocenters. The summed E-state index contributed by atoms with van der Waals surface area (Å²) in [6.07, 6.45) is 4.35. The summed E-state index contributed by atoms with van der Waals surface area (Å²) in [5.41, 5.74) is 2.81. The molecule has 0 amide bonds. The van der Waals surface area contributed by atoms with Crippen LogP contribution in [-0.2, 0) is 5.60 Å². The Bertz CT molecular complexity index is 797. The lowest BCUT2D eigenvalue weighted by Crippen LogP contribution is -2.37. The van der Waals surface area contributed by atoms with Crippen LogP contribution in [0.15, 0.2) is 30.3 Å². The molecule has 2 aromatic carbocycles. The van der Waals surface area contributed by atoms with Crippen LogP contribution in [0.4, 0.5) is 0 Å². The maximum atomic E-state index is 10.5. The lowest BCUT2D eigenvalue weighted by molar-refractivity contribution is 0.0319. The first-order valence-electron chi connectivity index (χ1n) is 8.84. The molecule has 4 rings (SSSR count). The molecule has 1 aliphatic heterocycles. The number of phenols is 1. The van der Waals surface area contributed by atoms with E-state index in [9.17, 15) is 5.11 Å². The number of fused-ring (bicyclic) bond motifs is 3. The molecule has 0 saturated heterocycles. The first kappa shape index (κ1) is 16.1. The van der Waals surface area contributed by atoms with E-state index in [2.05, 4.69) is 12.1 Å². The molecule has 0 bridgehead atoms. The van der Waals surface area contributed by atoms with Gasteiger partial charge in [0.15, 0.2) is 11.5 Å². The fourth-order valence-electron chi connectivity index (χ4n) is 4.55. The van der Waals surface area contributed by atoms with E-state index < -0.39 is 0 Å². The van der Waals surface area contributed by atoms with E-state index in [0.717, 1.165) is 41.9 Å². The summed E-state index contributed by atoms with van der Waals surface area (Å²) in [5, 5.41) is 10.5. The van der Waals surface area contributed by atoms with Crippen molar-refractivity contribution in [2.24, 2.45) is 0 Å². The number of aromatic hydroxyl groups is 1. The maximum absolute atomic E-state index is 10.5. The number of benzene rings is 2. The monoisotopic (exact) mass is 340 g/mol. The Morgan fingerprint density at radius 2 is 1.88 bits per heavy atom. The number of ether oxygens (including phenoxy) is 3. The molecule has 0 aromatic heterocycles. The van der Waals surface area contributed by atoms with E-state index in [1.54, 1.807) is 14.2 Å². The molecule has 132 valence electrons. The molecule has 1 saturated carbocycles. The molecular weight excluding hydrogens is 316 g/mol. The molecule has 1 fully saturated rings. The van der Waals surface area contributed by atoms with Crippen molar-refractivity contribution in [2.75, 3.05) is 14.2 Å². The third kappa shape index (κ3) is 2.27. The molecule has 0 spiro atoms. The summed E-state index contributed by atoms with van der Waals surface area (Å²) in [6, 6.07) is 10.0. The number of phenolic OH excluding ortho intramolecular Hbond substituents is 1. The third-order valence-electron chi connectivity index (χ3n) is 5.81. The van der Waals surface area contributed by atoms with Gasteiger partial charge in [-0.2, -0.15) is 0 Å². The summed E-state index contributed by atoms with van der Waals surface area (Å²) in [6.45, 7) is 1.96. The van der Waals surface area contributed by atoms with Crippen LogP contribution < -0.4 is 14.2 Å². The highest BCUT2D eigenvalue weighted by Crippen LogP contribution is 2.60. The topological polar surface area (TPSA) is 47.9 Å². The van der Waals surface area contributed by atoms with Crippen molar-refractivity contribution in [1.29, 1.82) is 0 Å². The highest BCUT2D eigenvalue weighted by Gasteiger charge is 2.52. The van der Waals surface area contributed by atoms with Crippen LogP contribution in [0.5, 0.6) is 23.0 Å². The minimum Gasteiger partial charge on any atom is -0.504 e. The summed E-state index contributed by atoms with van der Waals surface area (Å²) in [5.74, 6) is 2.63. The highest BCUT2D eigenvalue weighted by atomic mass is 16.5. The zero-order valence-corrected chi connectivity index (χ0v) is 15.0. The van der Waals surface area contributed by atoms with Crippen LogP contribution >= 0.6 is 0 Å². The second kappa shape index (κ2) is 5.87. The molecule has 4 nitrogen and oxygen atoms in total. The fraction of sp³-hybridized carbons (Fsp3) is 0.429. The number of methoxy groups -OCH3 is 2. The number of hydrogen-bond acceptors (Lipinski definition) is 4. The second-order valence-electron chi connectivity index (χ2n) is 6.98. The summed E-state index contributed by atoms with van der Waals surface area (Å²) < 4.78 is 17.2. The van der Waals surface area contributed by atoms with Crippen LogP contribution in [0, 0.1) is 6.92 Å². The molecule has 1 heterocycles. The number of hydrogen-bond donors (Lipinski definition) is 1. The van der Waals surface area contributed by atoms with Gasteiger partial charge in [0, 0.05) is 23.1 Å². The van der Waals surface area contributed by atoms with Crippen LogP contribution in [0.25, 0.3) is 0 Å². The molecule has 25 heavy (non-hydrogen) atoms. The molecule has 2 aromatic rings. The molecule has 2 aliphatic rings. The van der Waals surface area contributed by atoms with Gasteiger partial charge in [-0.15, -0.1) is 0 Å². The van der Waals surface area contributed by atoms with Gasteiger partial charge < -0.3 is 19.3 Å². The largest absolute Gasteiger partial charge is 0.504 e. The first-order chi connectivity index (χ1) is 12.1. The van der Waals surface area contributed by atoms with Crippen LogP contribution in [0.2, 0.25) is 0 Å². The predicted molar refractivity (Wildman–Crippen MR) is 95.9 cm³/mol. The third-order valence-corrected chi connectivity index (χ3v) is 5.81. The lowest BCUT2D eigenvalue weighted by atomic mass is 9.69. The lowest BCUT2D eigenvalue weighted by Gasteiger charge is -2.39. The van der Waals surface area contributed by atoms with E-state index in [1.165, 1.54) is 12.0 Å². The van der Waals surface area contributed by atoms with E-state index in [4.69, 9.17) is 14.2 Å². The minimum atomic E-state index is -0.365. The average Bonchev–Trinajstić information content (AvgIpc) is 3.00. The summed E-state index contributed by atoms with van der Waals surface area (Å²) in [4.78, 5) is 0. The molecule has 0 radical (unpaired) electrons. The van der Waals surface area contributed by atoms with Gasteiger partial charge in [0.25, 0.3) is 0 Å². The Hall–Kier alpha value is -2.36. The van der Waals surface area contributed by atoms with Crippen molar-refractivity contribution in [3.05, 3.63) is 47.0 Å². The second-order valence-corrected chi connectivity index (χ2v) is 6.98. The Morgan fingerprint density at radius 3 is 2.56 bits per heavy atom. The molecule has 1 N–H and O–H groups in total. The Morgan fingerprint density at radius 1 is 1.12 bits per heavy atom. The van der Waals surface area contributed by atoms with Crippen LogP contribution in [-0.4, -0.2) is 19.3 Å². The van der Waals surface area contributed by atoms with Crippen molar-refractivity contribution in [3.8, 4) is 23.0 Å². The average molecular weight is 340 g/mol. The van der Waals surface area contributed by atoms with Crippen molar-refractivity contribution >= 4 is 0 Å². The van der Waals surface area contributed by atoms with E-state index in [-0.39, 0.29) is 17.3 Å². The quantitative estimate of drug-likeness (QED) is 0.882. The van der Waals surface area contributed by atoms with Crippen LogP contribution in [0.3, 0.4) is 0 Å². The van der Waals surface area contributed by atoms with Gasteiger partial charge in [0.05, 0.1) is 14.2 Å². The zero-order valence-electron chi connectivity index (χ0n) is 15.0. The van der Waals surface area contributed by atoms with Crippen molar-refractivity contribution in [1.82, 2.24) is 0 Å². The van der Waals surface area contributed by atoms with Gasteiger partial charge in [-0.05, 0) is 43.9 Å². The molecule has 4 heteroatoms. The zero-order chi connectivity index (χ0) is 17.6. The summed E-state index contributed by atoms with van der Waals surface area (Å²) in [7, 11) is 3.25. The van der Waals surface area contributed by atoms with Gasteiger partial charge in [0.1, 0.15) is 17.1 Å².